The van der Waals surface area contributed by atoms with Crippen LogP contribution in [-0.4, -0.2) is 23.8 Å². The van der Waals surface area contributed by atoms with E-state index in [1.807, 2.05) is 0 Å². The number of nitrogens with one attached hydrogen (secondary N) is 1. The van der Waals surface area contributed by atoms with Crippen molar-refractivity contribution in [1.29, 1.82) is 0 Å². The van der Waals surface area contributed by atoms with Crippen LogP contribution in [0.2, 0.25) is 0 Å². The first-order valence-corrected chi connectivity index (χ1v) is 7.79. The molecule has 0 heterocycles. The Morgan fingerprint density at radius 2 is 1.74 bits per heavy atom. The van der Waals surface area contributed by atoms with Gasteiger partial charge in [0.2, 0.25) is 0 Å². The Labute approximate surface area is 116 Å². The summed E-state index contributed by atoms with van der Waals surface area (Å²) >= 11 is 0. The molecule has 1 fully saturated rings. The minimum atomic E-state index is -0.160. The minimum Gasteiger partial charge on any atom is -0.392 e. The Morgan fingerprint density at radius 1 is 1.11 bits per heavy atom. The van der Waals surface area contributed by atoms with E-state index in [-0.39, 0.29) is 6.10 Å². The van der Waals surface area contributed by atoms with Crippen molar-refractivity contribution in [1.82, 2.24) is 5.32 Å². The summed E-state index contributed by atoms with van der Waals surface area (Å²) in [6.07, 6.45) is 8.45. The first-order valence-electron chi connectivity index (χ1n) is 7.79. The van der Waals surface area contributed by atoms with Crippen LogP contribution in [0.25, 0.3) is 0 Å². The van der Waals surface area contributed by atoms with Crippen molar-refractivity contribution in [3.05, 3.63) is 35.4 Å². The first-order chi connectivity index (χ1) is 9.31. The van der Waals surface area contributed by atoms with Crippen LogP contribution >= 0.6 is 0 Å². The average molecular weight is 259 g/mol. The Kier molecular flexibility index (Phi) is 4.19. The number of aliphatic hydroxyl groups is 1. The topological polar surface area (TPSA) is 32.3 Å². The van der Waals surface area contributed by atoms with Gasteiger partial charge in [-0.3, -0.25) is 0 Å². The number of rotatable bonds is 5. The zero-order chi connectivity index (χ0) is 13.1. The molecule has 2 nitrogen and oxygen atoms in total. The highest BCUT2D eigenvalue weighted by Gasteiger charge is 2.22. The Morgan fingerprint density at radius 3 is 2.37 bits per heavy atom. The van der Waals surface area contributed by atoms with Gasteiger partial charge in [-0.05, 0) is 36.3 Å². The van der Waals surface area contributed by atoms with Crippen molar-refractivity contribution < 1.29 is 5.11 Å². The fraction of sp³-hybridized carbons (Fsp3) is 0.647. The predicted molar refractivity (Wildman–Crippen MR) is 78.2 cm³/mol. The molecule has 0 amide bonds. The second-order valence-electron chi connectivity index (χ2n) is 6.32. The SMILES string of the molecule is OC(CNC1Cc2ccccc2C1)CC1CCCC1. The lowest BCUT2D eigenvalue weighted by Gasteiger charge is -2.18. The lowest BCUT2D eigenvalue weighted by Crippen LogP contribution is -2.36. The molecule has 0 aromatic heterocycles. The minimum absolute atomic E-state index is 0.160. The van der Waals surface area contributed by atoms with Crippen LogP contribution in [0.3, 0.4) is 0 Å². The summed E-state index contributed by atoms with van der Waals surface area (Å²) in [5, 5.41) is 13.7. The lowest BCUT2D eigenvalue weighted by atomic mass is 10.00. The van der Waals surface area contributed by atoms with Crippen molar-refractivity contribution in [2.24, 2.45) is 5.92 Å². The van der Waals surface area contributed by atoms with Gasteiger partial charge in [0.05, 0.1) is 6.10 Å². The van der Waals surface area contributed by atoms with Crippen LogP contribution in [0.1, 0.15) is 43.2 Å². The molecule has 2 aliphatic carbocycles. The number of hydrogen-bond acceptors (Lipinski definition) is 2. The molecule has 1 atom stereocenters. The van der Waals surface area contributed by atoms with Crippen LogP contribution in [0.15, 0.2) is 24.3 Å². The Bertz CT molecular complexity index is 386. The van der Waals surface area contributed by atoms with E-state index in [0.717, 1.165) is 31.7 Å². The lowest BCUT2D eigenvalue weighted by molar-refractivity contribution is 0.137. The average Bonchev–Trinajstić information content (AvgIpc) is 3.04. The monoisotopic (exact) mass is 259 g/mol. The van der Waals surface area contributed by atoms with E-state index in [1.54, 1.807) is 0 Å². The van der Waals surface area contributed by atoms with E-state index in [4.69, 9.17) is 0 Å². The van der Waals surface area contributed by atoms with Gasteiger partial charge in [-0.1, -0.05) is 49.9 Å². The molecular formula is C17H25NO. The van der Waals surface area contributed by atoms with Gasteiger partial charge in [-0.25, -0.2) is 0 Å². The molecule has 1 aromatic carbocycles. The molecule has 0 radical (unpaired) electrons. The summed E-state index contributed by atoms with van der Waals surface area (Å²) in [7, 11) is 0. The van der Waals surface area contributed by atoms with Gasteiger partial charge in [0.25, 0.3) is 0 Å². The zero-order valence-electron chi connectivity index (χ0n) is 11.6. The van der Waals surface area contributed by atoms with Crippen molar-refractivity contribution >= 4 is 0 Å². The largest absolute Gasteiger partial charge is 0.392 e. The molecule has 0 bridgehead atoms. The summed E-state index contributed by atoms with van der Waals surface area (Å²) in [5.74, 6) is 0.776. The summed E-state index contributed by atoms with van der Waals surface area (Å²) < 4.78 is 0. The smallest absolute Gasteiger partial charge is 0.0667 e. The molecule has 1 unspecified atom stereocenters. The Hall–Kier alpha value is -0.860. The third-order valence-corrected chi connectivity index (χ3v) is 4.77. The van der Waals surface area contributed by atoms with Crippen molar-refractivity contribution in [3.8, 4) is 0 Å². The quantitative estimate of drug-likeness (QED) is 0.852. The van der Waals surface area contributed by atoms with Crippen LogP contribution in [0.4, 0.5) is 0 Å². The molecule has 104 valence electrons. The van der Waals surface area contributed by atoms with Crippen molar-refractivity contribution in [2.45, 2.75) is 57.1 Å². The molecule has 0 saturated heterocycles. The predicted octanol–water partition coefficient (Wildman–Crippen LogP) is 2.68. The highest BCUT2D eigenvalue weighted by atomic mass is 16.3. The van der Waals surface area contributed by atoms with E-state index in [1.165, 1.54) is 36.8 Å². The van der Waals surface area contributed by atoms with E-state index in [9.17, 15) is 5.11 Å². The summed E-state index contributed by atoms with van der Waals surface area (Å²) in [6.45, 7) is 0.759. The van der Waals surface area contributed by atoms with Crippen LogP contribution in [0, 0.1) is 5.92 Å². The van der Waals surface area contributed by atoms with E-state index in [2.05, 4.69) is 29.6 Å². The second-order valence-corrected chi connectivity index (χ2v) is 6.32. The number of aliphatic hydroxyl groups excluding tert-OH is 1. The maximum Gasteiger partial charge on any atom is 0.0667 e. The molecule has 2 N–H and O–H groups in total. The van der Waals surface area contributed by atoms with Crippen molar-refractivity contribution in [2.75, 3.05) is 6.54 Å². The normalized spacial score (nSPS) is 21.7. The maximum absolute atomic E-state index is 10.1. The fourth-order valence-electron chi connectivity index (χ4n) is 3.72. The number of fused-ring (bicyclic) bond motifs is 1. The highest BCUT2D eigenvalue weighted by Crippen LogP contribution is 2.28. The van der Waals surface area contributed by atoms with Gasteiger partial charge in [0.15, 0.2) is 0 Å². The van der Waals surface area contributed by atoms with Gasteiger partial charge in [0, 0.05) is 12.6 Å². The summed E-state index contributed by atoms with van der Waals surface area (Å²) in [4.78, 5) is 0. The summed E-state index contributed by atoms with van der Waals surface area (Å²) in [5.41, 5.74) is 2.95. The molecule has 1 aromatic rings. The standard InChI is InChI=1S/C17H25NO/c19-17(9-13-5-1-2-6-13)12-18-16-10-14-7-3-4-8-15(14)11-16/h3-4,7-8,13,16-19H,1-2,5-6,9-12H2. The third-order valence-electron chi connectivity index (χ3n) is 4.77. The molecule has 1 saturated carbocycles. The highest BCUT2D eigenvalue weighted by molar-refractivity contribution is 5.33. The van der Waals surface area contributed by atoms with Crippen LogP contribution in [0.5, 0.6) is 0 Å². The van der Waals surface area contributed by atoms with Crippen LogP contribution in [-0.2, 0) is 12.8 Å². The molecule has 2 aliphatic rings. The van der Waals surface area contributed by atoms with E-state index >= 15 is 0 Å². The van der Waals surface area contributed by atoms with Gasteiger partial charge >= 0.3 is 0 Å². The maximum atomic E-state index is 10.1. The first kappa shape index (κ1) is 13.1. The number of benzene rings is 1. The van der Waals surface area contributed by atoms with Gasteiger partial charge < -0.3 is 10.4 Å². The van der Waals surface area contributed by atoms with Gasteiger partial charge in [-0.15, -0.1) is 0 Å². The van der Waals surface area contributed by atoms with Gasteiger partial charge in [0.1, 0.15) is 0 Å². The van der Waals surface area contributed by atoms with Crippen molar-refractivity contribution in [3.63, 3.8) is 0 Å². The number of hydrogen-bond donors (Lipinski definition) is 2. The van der Waals surface area contributed by atoms with E-state index in [0.29, 0.717) is 6.04 Å². The van der Waals surface area contributed by atoms with Crippen LogP contribution < -0.4 is 5.32 Å². The molecule has 19 heavy (non-hydrogen) atoms. The van der Waals surface area contributed by atoms with Gasteiger partial charge in [-0.2, -0.15) is 0 Å². The third kappa shape index (κ3) is 3.37. The molecule has 3 rings (SSSR count). The second kappa shape index (κ2) is 6.06. The Balaban J connectivity index is 1.41. The zero-order valence-corrected chi connectivity index (χ0v) is 11.6. The molecule has 0 aliphatic heterocycles. The molecule has 2 heteroatoms. The summed E-state index contributed by atoms with van der Waals surface area (Å²) in [6, 6.07) is 9.22. The molecular weight excluding hydrogens is 234 g/mol. The fourth-order valence-corrected chi connectivity index (χ4v) is 3.72. The molecule has 0 spiro atoms. The van der Waals surface area contributed by atoms with E-state index < -0.39 is 0 Å².